The summed E-state index contributed by atoms with van der Waals surface area (Å²) in [5, 5.41) is 0. The zero-order valence-electron chi connectivity index (χ0n) is 11.6. The number of hydrogen-bond acceptors (Lipinski definition) is 2. The Kier molecular flexibility index (Phi) is 4.63. The summed E-state index contributed by atoms with van der Waals surface area (Å²) in [6.45, 7) is 5.68. The van der Waals surface area contributed by atoms with Crippen molar-refractivity contribution in [2.45, 2.75) is 26.4 Å². The van der Waals surface area contributed by atoms with E-state index in [1.165, 1.54) is 0 Å². The Labute approximate surface area is 123 Å². The lowest BCUT2D eigenvalue weighted by atomic mass is 9.95. The molecule has 1 aromatic rings. The van der Waals surface area contributed by atoms with E-state index in [9.17, 15) is 4.79 Å². The minimum atomic E-state index is 0.101. The number of halogens is 1. The first-order valence-corrected chi connectivity index (χ1v) is 7.40. The SMILES string of the molecule is COC1CN(C(=O)c2ccc(Br)c(C)c2)CCC1C. The van der Waals surface area contributed by atoms with Crippen LogP contribution < -0.4 is 0 Å². The lowest BCUT2D eigenvalue weighted by Crippen LogP contribution is -2.46. The van der Waals surface area contributed by atoms with Gasteiger partial charge in [0.15, 0.2) is 0 Å². The molecule has 0 N–H and O–H groups in total. The summed E-state index contributed by atoms with van der Waals surface area (Å²) in [6, 6.07) is 5.74. The molecule has 19 heavy (non-hydrogen) atoms. The van der Waals surface area contributed by atoms with E-state index >= 15 is 0 Å². The smallest absolute Gasteiger partial charge is 0.253 e. The van der Waals surface area contributed by atoms with Crippen LogP contribution in [0.25, 0.3) is 0 Å². The molecule has 1 aliphatic heterocycles. The molecule has 1 fully saturated rings. The number of aryl methyl sites for hydroxylation is 1. The predicted molar refractivity (Wildman–Crippen MR) is 79.4 cm³/mol. The fraction of sp³-hybridized carbons (Fsp3) is 0.533. The third-order valence-corrected chi connectivity index (χ3v) is 4.77. The lowest BCUT2D eigenvalue weighted by molar-refractivity contribution is -0.00156. The van der Waals surface area contributed by atoms with Gasteiger partial charge in [-0.05, 0) is 43.0 Å². The highest BCUT2D eigenvalue weighted by Crippen LogP contribution is 2.23. The minimum Gasteiger partial charge on any atom is -0.379 e. The Hall–Kier alpha value is -0.870. The molecule has 104 valence electrons. The zero-order valence-corrected chi connectivity index (χ0v) is 13.2. The maximum atomic E-state index is 12.5. The van der Waals surface area contributed by atoms with Crippen LogP contribution in [0.3, 0.4) is 0 Å². The molecule has 0 radical (unpaired) electrons. The molecule has 0 aromatic heterocycles. The summed E-state index contributed by atoms with van der Waals surface area (Å²) in [7, 11) is 1.72. The molecule has 0 spiro atoms. The van der Waals surface area contributed by atoms with Gasteiger partial charge in [-0.15, -0.1) is 0 Å². The summed E-state index contributed by atoms with van der Waals surface area (Å²) < 4.78 is 6.49. The van der Waals surface area contributed by atoms with E-state index in [0.717, 1.165) is 28.6 Å². The van der Waals surface area contributed by atoms with Crippen LogP contribution >= 0.6 is 15.9 Å². The van der Waals surface area contributed by atoms with Crippen molar-refractivity contribution < 1.29 is 9.53 Å². The summed E-state index contributed by atoms with van der Waals surface area (Å²) in [5.74, 6) is 0.616. The number of carbonyl (C=O) groups excluding carboxylic acids is 1. The van der Waals surface area contributed by atoms with Gasteiger partial charge in [-0.1, -0.05) is 22.9 Å². The molecule has 2 unspecified atom stereocenters. The molecule has 3 nitrogen and oxygen atoms in total. The van der Waals surface area contributed by atoms with Gasteiger partial charge in [0.1, 0.15) is 0 Å². The van der Waals surface area contributed by atoms with Crippen LogP contribution in [0.1, 0.15) is 29.3 Å². The summed E-state index contributed by atoms with van der Waals surface area (Å²) >= 11 is 3.46. The predicted octanol–water partition coefficient (Wildman–Crippen LogP) is 3.25. The molecule has 2 atom stereocenters. The monoisotopic (exact) mass is 325 g/mol. The number of amides is 1. The Morgan fingerprint density at radius 2 is 2.21 bits per heavy atom. The van der Waals surface area contributed by atoms with Crippen molar-refractivity contribution in [1.29, 1.82) is 0 Å². The van der Waals surface area contributed by atoms with Gasteiger partial charge in [0.2, 0.25) is 0 Å². The Bertz CT molecular complexity index is 475. The number of piperidine rings is 1. The van der Waals surface area contributed by atoms with E-state index in [1.54, 1.807) is 7.11 Å². The fourth-order valence-electron chi connectivity index (χ4n) is 2.49. The molecule has 1 amide bonds. The van der Waals surface area contributed by atoms with E-state index in [-0.39, 0.29) is 12.0 Å². The number of hydrogen-bond donors (Lipinski definition) is 0. The van der Waals surface area contributed by atoms with Gasteiger partial charge < -0.3 is 9.64 Å². The van der Waals surface area contributed by atoms with Crippen LogP contribution in [0.4, 0.5) is 0 Å². The summed E-state index contributed by atoms with van der Waals surface area (Å²) in [4.78, 5) is 14.4. The molecule has 1 heterocycles. The second-order valence-corrected chi connectivity index (χ2v) is 6.11. The lowest BCUT2D eigenvalue weighted by Gasteiger charge is -2.36. The topological polar surface area (TPSA) is 29.5 Å². The fourth-order valence-corrected chi connectivity index (χ4v) is 2.73. The van der Waals surface area contributed by atoms with Gasteiger partial charge in [0.25, 0.3) is 5.91 Å². The van der Waals surface area contributed by atoms with E-state index in [0.29, 0.717) is 12.5 Å². The zero-order chi connectivity index (χ0) is 14.0. The first kappa shape index (κ1) is 14.5. The molecule has 1 aliphatic rings. The second kappa shape index (κ2) is 6.06. The Balaban J connectivity index is 2.13. The Morgan fingerprint density at radius 3 is 2.84 bits per heavy atom. The third kappa shape index (κ3) is 3.18. The average Bonchev–Trinajstić information content (AvgIpc) is 2.41. The number of carbonyl (C=O) groups is 1. The molecular weight excluding hydrogens is 306 g/mol. The first-order valence-electron chi connectivity index (χ1n) is 6.61. The quantitative estimate of drug-likeness (QED) is 0.835. The van der Waals surface area contributed by atoms with E-state index in [1.807, 2.05) is 30.0 Å². The van der Waals surface area contributed by atoms with Crippen molar-refractivity contribution in [1.82, 2.24) is 4.90 Å². The van der Waals surface area contributed by atoms with Crippen LogP contribution in [-0.4, -0.2) is 37.1 Å². The minimum absolute atomic E-state index is 0.101. The van der Waals surface area contributed by atoms with Gasteiger partial charge in [-0.2, -0.15) is 0 Å². The van der Waals surface area contributed by atoms with Gasteiger partial charge in [0.05, 0.1) is 6.10 Å². The first-order chi connectivity index (χ1) is 9.02. The summed E-state index contributed by atoms with van der Waals surface area (Å²) in [5.41, 5.74) is 1.84. The molecular formula is C15H20BrNO2. The van der Waals surface area contributed by atoms with Crippen LogP contribution in [0, 0.1) is 12.8 Å². The molecule has 1 saturated heterocycles. The molecule has 4 heteroatoms. The van der Waals surface area contributed by atoms with Crippen molar-refractivity contribution >= 4 is 21.8 Å². The highest BCUT2D eigenvalue weighted by molar-refractivity contribution is 9.10. The van der Waals surface area contributed by atoms with Crippen LogP contribution in [0.15, 0.2) is 22.7 Å². The van der Waals surface area contributed by atoms with E-state index in [2.05, 4.69) is 22.9 Å². The highest BCUT2D eigenvalue weighted by atomic mass is 79.9. The van der Waals surface area contributed by atoms with Crippen molar-refractivity contribution in [3.8, 4) is 0 Å². The number of nitrogens with zero attached hydrogens (tertiary/aromatic N) is 1. The van der Waals surface area contributed by atoms with Crippen molar-refractivity contribution in [2.24, 2.45) is 5.92 Å². The number of ether oxygens (including phenoxy) is 1. The van der Waals surface area contributed by atoms with E-state index < -0.39 is 0 Å². The molecule has 0 aliphatic carbocycles. The largest absolute Gasteiger partial charge is 0.379 e. The molecule has 1 aromatic carbocycles. The molecule has 0 bridgehead atoms. The van der Waals surface area contributed by atoms with Gasteiger partial charge in [0, 0.05) is 30.2 Å². The van der Waals surface area contributed by atoms with Crippen molar-refractivity contribution in [3.63, 3.8) is 0 Å². The molecule has 0 saturated carbocycles. The second-order valence-electron chi connectivity index (χ2n) is 5.26. The maximum absolute atomic E-state index is 12.5. The number of likely N-dealkylation sites (tertiary alicyclic amines) is 1. The van der Waals surface area contributed by atoms with Gasteiger partial charge in [-0.3, -0.25) is 4.79 Å². The van der Waals surface area contributed by atoms with Gasteiger partial charge in [-0.25, -0.2) is 0 Å². The standard InChI is InChI=1S/C15H20BrNO2/c1-10-6-7-17(9-14(10)19-3)15(18)12-4-5-13(16)11(2)8-12/h4-5,8,10,14H,6-7,9H2,1-3H3. The van der Waals surface area contributed by atoms with Crippen LogP contribution in [0.5, 0.6) is 0 Å². The number of methoxy groups -OCH3 is 1. The Morgan fingerprint density at radius 1 is 1.47 bits per heavy atom. The van der Waals surface area contributed by atoms with Crippen molar-refractivity contribution in [3.05, 3.63) is 33.8 Å². The van der Waals surface area contributed by atoms with Gasteiger partial charge >= 0.3 is 0 Å². The summed E-state index contributed by atoms with van der Waals surface area (Å²) in [6.07, 6.45) is 1.15. The number of benzene rings is 1. The van der Waals surface area contributed by atoms with Crippen LogP contribution in [0.2, 0.25) is 0 Å². The highest BCUT2D eigenvalue weighted by Gasteiger charge is 2.29. The average molecular weight is 326 g/mol. The third-order valence-electron chi connectivity index (χ3n) is 3.88. The molecule has 2 rings (SSSR count). The van der Waals surface area contributed by atoms with Crippen molar-refractivity contribution in [2.75, 3.05) is 20.2 Å². The normalized spacial score (nSPS) is 23.5. The van der Waals surface area contributed by atoms with Crippen LogP contribution in [-0.2, 0) is 4.74 Å². The maximum Gasteiger partial charge on any atom is 0.253 e. The van der Waals surface area contributed by atoms with E-state index in [4.69, 9.17) is 4.74 Å². The number of rotatable bonds is 2.